The fourth-order valence-corrected chi connectivity index (χ4v) is 3.26. The van der Waals surface area contributed by atoms with Crippen LogP contribution >= 0.6 is 0 Å². The molecule has 3 heterocycles. The Balaban J connectivity index is 0.00000245. The first-order chi connectivity index (χ1) is 15.2. The van der Waals surface area contributed by atoms with Gasteiger partial charge in [-0.25, -0.2) is 4.79 Å². The van der Waals surface area contributed by atoms with E-state index in [1.807, 2.05) is 78.5 Å². The van der Waals surface area contributed by atoms with Crippen LogP contribution in [0.2, 0.25) is 0 Å². The highest BCUT2D eigenvalue weighted by atomic mass is 35.5. The fraction of sp³-hybridized carbons (Fsp3) is 0.0833. The molecule has 160 valence electrons. The van der Waals surface area contributed by atoms with Crippen molar-refractivity contribution in [3.05, 3.63) is 95.0 Å². The molecule has 5 aromatic rings. The largest absolute Gasteiger partial charge is 1.00 e. The third-order valence-corrected chi connectivity index (χ3v) is 4.90. The zero-order valence-electron chi connectivity index (χ0n) is 17.1. The summed E-state index contributed by atoms with van der Waals surface area (Å²) in [4.78, 5) is 17.0. The van der Waals surface area contributed by atoms with Crippen LogP contribution in [0.15, 0.2) is 92.7 Å². The van der Waals surface area contributed by atoms with E-state index in [9.17, 15) is 4.79 Å². The van der Waals surface area contributed by atoms with E-state index in [2.05, 4.69) is 10.1 Å². The topological polar surface area (TPSA) is 82.2 Å². The maximum atomic E-state index is 12.6. The van der Waals surface area contributed by atoms with E-state index in [-0.39, 0.29) is 23.9 Å². The molecule has 0 saturated carbocycles. The molecule has 0 amide bonds. The van der Waals surface area contributed by atoms with Crippen LogP contribution in [0, 0.1) is 0 Å². The van der Waals surface area contributed by atoms with Gasteiger partial charge in [0.05, 0.1) is 0 Å². The molecule has 3 aromatic heterocycles. The minimum absolute atomic E-state index is 0. The van der Waals surface area contributed by atoms with Crippen molar-refractivity contribution in [3.63, 3.8) is 0 Å². The lowest BCUT2D eigenvalue weighted by molar-refractivity contribution is -0.660. The molecule has 0 aliphatic carbocycles. The van der Waals surface area contributed by atoms with Crippen LogP contribution in [-0.4, -0.2) is 10.1 Å². The lowest BCUT2D eigenvalue weighted by atomic mass is 10.2. The Morgan fingerprint density at radius 2 is 1.81 bits per heavy atom. The van der Waals surface area contributed by atoms with Crippen LogP contribution in [0.5, 0.6) is 5.75 Å². The Hall–Kier alpha value is -3.97. The smallest absolute Gasteiger partial charge is 0.349 e. The molecule has 5 rings (SSSR count). The van der Waals surface area contributed by atoms with Gasteiger partial charge < -0.3 is 26.1 Å². The zero-order chi connectivity index (χ0) is 21.2. The molecule has 0 bridgehead atoms. The van der Waals surface area contributed by atoms with Crippen molar-refractivity contribution in [2.24, 2.45) is 7.05 Å². The number of ether oxygens (including phenoxy) is 1. The maximum absolute atomic E-state index is 12.6. The Bertz CT molecular complexity index is 1430. The van der Waals surface area contributed by atoms with Gasteiger partial charge in [0.1, 0.15) is 30.6 Å². The van der Waals surface area contributed by atoms with Crippen LogP contribution in [0.1, 0.15) is 5.56 Å². The average molecular weight is 448 g/mol. The quantitative estimate of drug-likeness (QED) is 0.294. The molecule has 32 heavy (non-hydrogen) atoms. The molecule has 0 aliphatic rings. The van der Waals surface area contributed by atoms with E-state index in [0.717, 1.165) is 16.6 Å². The second-order valence-electron chi connectivity index (χ2n) is 7.04. The minimum atomic E-state index is -0.555. The lowest BCUT2D eigenvalue weighted by Crippen LogP contribution is -3.00. The second-order valence-corrected chi connectivity index (χ2v) is 7.04. The van der Waals surface area contributed by atoms with Crippen LogP contribution in [-0.2, 0) is 13.7 Å². The third-order valence-electron chi connectivity index (χ3n) is 4.90. The van der Waals surface area contributed by atoms with Crippen molar-refractivity contribution in [1.29, 1.82) is 0 Å². The molecular formula is C24H18ClN3O4. The van der Waals surface area contributed by atoms with Gasteiger partial charge in [0.15, 0.2) is 6.20 Å². The number of aryl methyl sites for hydroxylation is 1. The van der Waals surface area contributed by atoms with Gasteiger partial charge in [0.2, 0.25) is 0 Å². The third kappa shape index (κ3) is 4.24. The summed E-state index contributed by atoms with van der Waals surface area (Å²) in [5.41, 5.74) is 1.90. The monoisotopic (exact) mass is 447 g/mol. The second kappa shape index (κ2) is 9.03. The molecule has 0 N–H and O–H groups in total. The number of pyridine rings is 1. The highest BCUT2D eigenvalue weighted by molar-refractivity contribution is 5.81. The molecule has 7 nitrogen and oxygen atoms in total. The Labute approximate surface area is 189 Å². The summed E-state index contributed by atoms with van der Waals surface area (Å²) in [6.45, 7) is 0.427. The number of benzene rings is 2. The van der Waals surface area contributed by atoms with Crippen molar-refractivity contribution in [3.8, 4) is 28.7 Å². The summed E-state index contributed by atoms with van der Waals surface area (Å²) in [7, 11) is 1.88. The molecule has 0 atom stereocenters. The lowest BCUT2D eigenvalue weighted by Gasteiger charge is -2.07. The van der Waals surface area contributed by atoms with Crippen LogP contribution < -0.4 is 27.3 Å². The Kier molecular flexibility index (Phi) is 6.00. The van der Waals surface area contributed by atoms with E-state index in [4.69, 9.17) is 13.7 Å². The molecule has 0 aliphatic heterocycles. The summed E-state index contributed by atoms with van der Waals surface area (Å²) in [6.07, 6.45) is 1.88. The number of halogens is 1. The average Bonchev–Trinajstić information content (AvgIpc) is 3.28. The standard InChI is InChI=1S/C24H18N3O4.ClH/c1-27-12-6-5-9-20(27)22-25-23(31-26-22)19-13-17-10-11-18(14-21(17)30-24(19)28)29-15-16-7-3-2-4-8-16;/h2-14H,15H2,1H3;1H/q+1;/p-1. The molecule has 0 fully saturated rings. The molecule has 0 spiro atoms. The first-order valence-electron chi connectivity index (χ1n) is 9.71. The van der Waals surface area contributed by atoms with E-state index in [1.54, 1.807) is 12.1 Å². The predicted octanol–water partition coefficient (Wildman–Crippen LogP) is 0.917. The molecule has 0 radical (unpaired) electrons. The van der Waals surface area contributed by atoms with Crippen LogP contribution in [0.25, 0.3) is 33.9 Å². The number of fused-ring (bicyclic) bond motifs is 1. The van der Waals surface area contributed by atoms with Crippen molar-refractivity contribution < 1.29 is 30.7 Å². The number of rotatable bonds is 5. The first kappa shape index (κ1) is 21.3. The number of nitrogens with zero attached hydrogens (tertiary/aromatic N) is 3. The SMILES string of the molecule is C[n+]1ccccc1-c1noc(-c2cc3ccc(OCc4ccccc4)cc3oc2=O)n1.[Cl-]. The van der Waals surface area contributed by atoms with Crippen LogP contribution in [0.4, 0.5) is 0 Å². The fourth-order valence-electron chi connectivity index (χ4n) is 3.26. The van der Waals surface area contributed by atoms with Crippen molar-refractivity contribution >= 4 is 11.0 Å². The van der Waals surface area contributed by atoms with Gasteiger partial charge in [-0.2, -0.15) is 9.55 Å². The van der Waals surface area contributed by atoms with E-state index >= 15 is 0 Å². The van der Waals surface area contributed by atoms with Crippen molar-refractivity contribution in [2.45, 2.75) is 6.61 Å². The van der Waals surface area contributed by atoms with Gasteiger partial charge >= 0.3 is 5.63 Å². The van der Waals surface area contributed by atoms with E-state index < -0.39 is 5.63 Å². The molecule has 0 unspecified atom stereocenters. The van der Waals surface area contributed by atoms with Gasteiger partial charge in [-0.1, -0.05) is 30.3 Å². The molecule has 0 saturated heterocycles. The van der Waals surface area contributed by atoms with E-state index in [1.165, 1.54) is 0 Å². The van der Waals surface area contributed by atoms with Gasteiger partial charge in [0, 0.05) is 23.6 Å². The summed E-state index contributed by atoms with van der Waals surface area (Å²) in [5.74, 6) is 1.12. The molecule has 2 aromatic carbocycles. The minimum Gasteiger partial charge on any atom is -1.00 e. The highest BCUT2D eigenvalue weighted by Crippen LogP contribution is 2.25. The summed E-state index contributed by atoms with van der Waals surface area (Å²) < 4.78 is 18.5. The summed E-state index contributed by atoms with van der Waals surface area (Å²) in [5, 5.41) is 4.73. The number of aromatic nitrogens is 3. The van der Waals surface area contributed by atoms with Crippen LogP contribution in [0.3, 0.4) is 0 Å². The summed E-state index contributed by atoms with van der Waals surface area (Å²) >= 11 is 0. The first-order valence-corrected chi connectivity index (χ1v) is 9.71. The molecular weight excluding hydrogens is 430 g/mol. The van der Waals surface area contributed by atoms with Crippen molar-refractivity contribution in [1.82, 2.24) is 10.1 Å². The van der Waals surface area contributed by atoms with E-state index in [0.29, 0.717) is 23.8 Å². The number of hydrogen-bond donors (Lipinski definition) is 0. The van der Waals surface area contributed by atoms with Gasteiger partial charge in [-0.3, -0.25) is 0 Å². The van der Waals surface area contributed by atoms with Crippen molar-refractivity contribution in [2.75, 3.05) is 0 Å². The predicted molar refractivity (Wildman–Crippen MR) is 113 cm³/mol. The zero-order valence-corrected chi connectivity index (χ0v) is 17.8. The highest BCUT2D eigenvalue weighted by Gasteiger charge is 2.20. The normalized spacial score (nSPS) is 10.7. The Morgan fingerprint density at radius 1 is 1.00 bits per heavy atom. The maximum Gasteiger partial charge on any atom is 0.349 e. The van der Waals surface area contributed by atoms with Gasteiger partial charge in [0.25, 0.3) is 17.4 Å². The molecule has 8 heteroatoms. The Morgan fingerprint density at radius 3 is 2.62 bits per heavy atom. The summed E-state index contributed by atoms with van der Waals surface area (Å²) in [6, 6.07) is 22.6. The van der Waals surface area contributed by atoms with Gasteiger partial charge in [-0.15, -0.1) is 0 Å². The van der Waals surface area contributed by atoms with Gasteiger partial charge in [-0.05, 0) is 35.0 Å². The number of hydrogen-bond acceptors (Lipinski definition) is 6.